The van der Waals surface area contributed by atoms with Crippen LogP contribution in [-0.4, -0.2) is 0 Å². The molecule has 3 aromatic carbocycles. The van der Waals surface area contributed by atoms with Gasteiger partial charge in [0.05, 0.1) is 0 Å². The highest BCUT2D eigenvalue weighted by Crippen LogP contribution is 2.53. The van der Waals surface area contributed by atoms with Crippen LogP contribution in [0.3, 0.4) is 0 Å². The third-order valence-electron chi connectivity index (χ3n) is 3.58. The maximum Gasteiger partial charge on any atom is 0.255 e. The largest absolute Gasteiger partial charge is 0.255 e. The van der Waals surface area contributed by atoms with Gasteiger partial charge in [0, 0.05) is 0 Å². The van der Waals surface area contributed by atoms with E-state index in [0.717, 1.165) is 15.9 Å². The molecule has 0 heterocycles. The van der Waals surface area contributed by atoms with Crippen molar-refractivity contribution in [3.05, 3.63) is 91.0 Å². The third-order valence-corrected chi connectivity index (χ3v) is 7.10. The molecule has 3 aromatic rings. The number of benzene rings is 3. The molecule has 0 unspecified atom stereocenters. The lowest BCUT2D eigenvalue weighted by atomic mass is 10.4. The number of nitriles is 1. The number of hydrogen-bond donors (Lipinski definition) is 0. The molecule has 0 amide bonds. The fourth-order valence-electron chi connectivity index (χ4n) is 2.58. The highest BCUT2D eigenvalue weighted by molar-refractivity contribution is 7.99. The predicted molar refractivity (Wildman–Crippen MR) is 90.8 cm³/mol. The zero-order valence-corrected chi connectivity index (χ0v) is 12.4. The monoisotopic (exact) mass is 288 g/mol. The van der Waals surface area contributed by atoms with E-state index in [0.29, 0.717) is 0 Å². The molecular formula is C19H15NP+. The van der Waals surface area contributed by atoms with Crippen molar-refractivity contribution in [1.29, 1.82) is 5.26 Å². The Balaban J connectivity index is 2.32. The second-order valence-electron chi connectivity index (χ2n) is 4.78. The molecule has 0 aliphatic carbocycles. The number of rotatable bonds is 3. The molecule has 21 heavy (non-hydrogen) atoms. The Hall–Kier alpha value is -2.42. The van der Waals surface area contributed by atoms with E-state index in [-0.39, 0.29) is 0 Å². The minimum Gasteiger partial charge on any atom is -0.150 e. The smallest absolute Gasteiger partial charge is 0.150 e. The number of hydrogen-bond acceptors (Lipinski definition) is 1. The summed E-state index contributed by atoms with van der Waals surface area (Å²) in [5.74, 6) is 2.68. The molecule has 0 spiro atoms. The average molecular weight is 288 g/mol. The summed E-state index contributed by atoms with van der Waals surface area (Å²) in [4.78, 5) is 0. The molecule has 0 bridgehead atoms. The Morgan fingerprint density at radius 3 is 1.05 bits per heavy atom. The molecule has 0 radical (unpaired) electrons. The molecule has 0 saturated heterocycles. The molecule has 2 heteroatoms. The molecule has 0 saturated carbocycles. The van der Waals surface area contributed by atoms with Crippen molar-refractivity contribution in [2.45, 2.75) is 0 Å². The van der Waals surface area contributed by atoms with E-state index in [1.54, 1.807) is 0 Å². The van der Waals surface area contributed by atoms with Gasteiger partial charge in [0.1, 0.15) is 15.9 Å². The summed E-state index contributed by atoms with van der Waals surface area (Å²) in [7, 11) is -2.23. The molecule has 0 aromatic heterocycles. The van der Waals surface area contributed by atoms with E-state index in [9.17, 15) is 5.26 Å². The van der Waals surface area contributed by atoms with Crippen molar-refractivity contribution in [1.82, 2.24) is 0 Å². The second kappa shape index (κ2) is 5.92. The lowest BCUT2D eigenvalue weighted by Crippen LogP contribution is -2.29. The van der Waals surface area contributed by atoms with Crippen LogP contribution in [0.1, 0.15) is 0 Å². The van der Waals surface area contributed by atoms with Gasteiger partial charge >= 0.3 is 0 Å². The summed E-state index contributed by atoms with van der Waals surface area (Å²) in [5.41, 5.74) is 0. The van der Waals surface area contributed by atoms with Gasteiger partial charge in [-0.15, -0.1) is 0 Å². The molecule has 1 nitrogen and oxygen atoms in total. The van der Waals surface area contributed by atoms with Gasteiger partial charge in [0.15, 0.2) is 0 Å². The van der Waals surface area contributed by atoms with Gasteiger partial charge in [0.2, 0.25) is 7.26 Å². The van der Waals surface area contributed by atoms with Gasteiger partial charge in [-0.25, -0.2) is 0 Å². The lowest BCUT2D eigenvalue weighted by Gasteiger charge is -2.18. The van der Waals surface area contributed by atoms with Crippen LogP contribution in [-0.2, 0) is 0 Å². The molecule has 0 aliphatic rings. The normalized spacial score (nSPS) is 10.8. The van der Waals surface area contributed by atoms with Crippen LogP contribution in [0.15, 0.2) is 91.0 Å². The van der Waals surface area contributed by atoms with E-state index in [4.69, 9.17) is 0 Å². The van der Waals surface area contributed by atoms with E-state index in [1.807, 2.05) is 54.6 Å². The van der Waals surface area contributed by atoms with Crippen LogP contribution in [0.5, 0.6) is 0 Å². The van der Waals surface area contributed by atoms with Crippen LogP contribution in [0.2, 0.25) is 0 Å². The van der Waals surface area contributed by atoms with Crippen molar-refractivity contribution in [2.24, 2.45) is 0 Å². The van der Waals surface area contributed by atoms with Crippen molar-refractivity contribution in [2.75, 3.05) is 0 Å². The first kappa shape index (κ1) is 13.6. The SMILES string of the molecule is N#C[P+](c1ccccc1)(c1ccccc1)c1ccccc1. The highest BCUT2D eigenvalue weighted by atomic mass is 31.2. The van der Waals surface area contributed by atoms with Crippen molar-refractivity contribution < 1.29 is 0 Å². The van der Waals surface area contributed by atoms with E-state index < -0.39 is 7.26 Å². The Kier molecular flexibility index (Phi) is 3.82. The van der Waals surface area contributed by atoms with Crippen molar-refractivity contribution in [3.8, 4) is 5.81 Å². The summed E-state index contributed by atoms with van der Waals surface area (Å²) in [6.45, 7) is 0. The van der Waals surface area contributed by atoms with Gasteiger partial charge in [-0.2, -0.15) is 5.26 Å². The first-order valence-electron chi connectivity index (χ1n) is 6.85. The molecule has 0 N–H and O–H groups in total. The van der Waals surface area contributed by atoms with E-state index in [1.165, 1.54) is 0 Å². The summed E-state index contributed by atoms with van der Waals surface area (Å²) >= 11 is 0. The van der Waals surface area contributed by atoms with Gasteiger partial charge in [-0.1, -0.05) is 54.6 Å². The highest BCUT2D eigenvalue weighted by Gasteiger charge is 2.46. The topological polar surface area (TPSA) is 23.8 Å². The molecular weight excluding hydrogens is 273 g/mol. The Morgan fingerprint density at radius 2 is 0.810 bits per heavy atom. The standard InChI is InChI=1S/C19H15NP/c20-16-21(17-10-4-1-5-11-17,18-12-6-2-7-13-18)19-14-8-3-9-15-19/h1-15H/q+1. The minimum atomic E-state index is -2.23. The first-order valence-corrected chi connectivity index (χ1v) is 8.64. The zero-order valence-electron chi connectivity index (χ0n) is 11.6. The summed E-state index contributed by atoms with van der Waals surface area (Å²) in [6.07, 6.45) is 0. The van der Waals surface area contributed by atoms with Crippen LogP contribution in [0.25, 0.3) is 0 Å². The Bertz CT molecular complexity index is 649. The average Bonchev–Trinajstić information content (AvgIpc) is 2.59. The van der Waals surface area contributed by atoms with Crippen LogP contribution in [0.4, 0.5) is 0 Å². The summed E-state index contributed by atoms with van der Waals surface area (Å²) < 4.78 is 0. The third kappa shape index (κ3) is 2.35. The Labute approximate surface area is 125 Å². The second-order valence-corrected chi connectivity index (χ2v) is 7.87. The van der Waals surface area contributed by atoms with Crippen LogP contribution < -0.4 is 15.9 Å². The van der Waals surface area contributed by atoms with Crippen molar-refractivity contribution >= 4 is 23.2 Å². The first-order chi connectivity index (χ1) is 10.4. The van der Waals surface area contributed by atoms with E-state index >= 15 is 0 Å². The molecule has 0 fully saturated rings. The maximum atomic E-state index is 10.1. The Morgan fingerprint density at radius 1 is 0.524 bits per heavy atom. The van der Waals surface area contributed by atoms with Crippen LogP contribution >= 0.6 is 7.26 Å². The fraction of sp³-hybridized carbons (Fsp3) is 0. The zero-order chi connectivity index (χ0) is 14.5. The molecule has 0 aliphatic heterocycles. The number of nitrogens with zero attached hydrogens (tertiary/aromatic N) is 1. The summed E-state index contributed by atoms with van der Waals surface area (Å²) in [5, 5.41) is 13.4. The fourth-order valence-corrected chi connectivity index (χ4v) is 5.67. The predicted octanol–water partition coefficient (Wildman–Crippen LogP) is 3.46. The minimum absolute atomic E-state index is 1.10. The van der Waals surface area contributed by atoms with Crippen LogP contribution in [0, 0.1) is 11.1 Å². The molecule has 3 rings (SSSR count). The maximum absolute atomic E-state index is 10.1. The van der Waals surface area contributed by atoms with Crippen molar-refractivity contribution in [3.63, 3.8) is 0 Å². The van der Waals surface area contributed by atoms with Gasteiger partial charge in [-0.3, -0.25) is 0 Å². The van der Waals surface area contributed by atoms with Gasteiger partial charge in [0.25, 0.3) is 5.81 Å². The summed E-state index contributed by atoms with van der Waals surface area (Å²) in [6, 6.07) is 30.4. The molecule has 100 valence electrons. The van der Waals surface area contributed by atoms with Gasteiger partial charge in [-0.05, 0) is 36.4 Å². The molecule has 0 atom stereocenters. The lowest BCUT2D eigenvalue weighted by molar-refractivity contribution is 1.56. The van der Waals surface area contributed by atoms with E-state index in [2.05, 4.69) is 42.2 Å². The quantitative estimate of drug-likeness (QED) is 0.677. The van der Waals surface area contributed by atoms with Gasteiger partial charge < -0.3 is 0 Å².